The molecule has 20 heavy (non-hydrogen) atoms. The topological polar surface area (TPSA) is 46.9 Å². The van der Waals surface area contributed by atoms with E-state index in [1.54, 1.807) is 4.68 Å². The van der Waals surface area contributed by atoms with Crippen molar-refractivity contribution in [1.82, 2.24) is 15.1 Å². The first-order valence-electron chi connectivity index (χ1n) is 6.68. The first-order chi connectivity index (χ1) is 9.58. The highest BCUT2D eigenvalue weighted by Crippen LogP contribution is 2.24. The summed E-state index contributed by atoms with van der Waals surface area (Å²) < 4.78 is 1.68. The number of carbonyl (C=O) groups is 1. The van der Waals surface area contributed by atoms with E-state index < -0.39 is 0 Å². The molecule has 5 heteroatoms. The van der Waals surface area contributed by atoms with Gasteiger partial charge in [0, 0.05) is 24.7 Å². The molecule has 2 heterocycles. The molecule has 1 N–H and O–H groups in total. The van der Waals surface area contributed by atoms with E-state index in [0.717, 1.165) is 13.1 Å². The van der Waals surface area contributed by atoms with Crippen molar-refractivity contribution < 1.29 is 4.79 Å². The van der Waals surface area contributed by atoms with Gasteiger partial charge in [-0.05, 0) is 31.0 Å². The molecule has 0 bridgehead atoms. The second-order valence-corrected chi connectivity index (χ2v) is 5.70. The smallest absolute Gasteiger partial charge is 0.212 e. The van der Waals surface area contributed by atoms with Gasteiger partial charge in [-0.1, -0.05) is 23.7 Å². The van der Waals surface area contributed by atoms with Gasteiger partial charge in [0.05, 0.1) is 11.2 Å². The summed E-state index contributed by atoms with van der Waals surface area (Å²) in [7, 11) is 0. The van der Waals surface area contributed by atoms with Gasteiger partial charge in [-0.2, -0.15) is 5.10 Å². The van der Waals surface area contributed by atoms with Gasteiger partial charge in [-0.15, -0.1) is 0 Å². The first-order valence-corrected chi connectivity index (χ1v) is 7.06. The average Bonchev–Trinajstić information content (AvgIpc) is 3.03. The van der Waals surface area contributed by atoms with Crippen LogP contribution >= 0.6 is 11.6 Å². The van der Waals surface area contributed by atoms with Gasteiger partial charge >= 0.3 is 0 Å². The molecule has 0 spiro atoms. The molecular weight excluding hydrogens is 274 g/mol. The lowest BCUT2D eigenvalue weighted by Crippen LogP contribution is -2.14. The lowest BCUT2D eigenvalue weighted by molar-refractivity contribution is 0.102. The summed E-state index contributed by atoms with van der Waals surface area (Å²) in [6, 6.07) is 5.91. The molecule has 2 aromatic rings. The van der Waals surface area contributed by atoms with Crippen LogP contribution in [0.1, 0.15) is 47.1 Å². The van der Waals surface area contributed by atoms with Gasteiger partial charge in [0.1, 0.15) is 5.69 Å². The Hall–Kier alpha value is -1.65. The summed E-state index contributed by atoms with van der Waals surface area (Å²) in [5.74, 6) is -0.0732. The van der Waals surface area contributed by atoms with Crippen molar-refractivity contribution in [3.63, 3.8) is 0 Å². The van der Waals surface area contributed by atoms with E-state index in [2.05, 4.69) is 10.4 Å². The molecule has 0 fully saturated rings. The van der Waals surface area contributed by atoms with E-state index in [4.69, 9.17) is 11.6 Å². The van der Waals surface area contributed by atoms with Crippen molar-refractivity contribution in [1.29, 1.82) is 0 Å². The Morgan fingerprint density at radius 3 is 2.85 bits per heavy atom. The van der Waals surface area contributed by atoms with E-state index in [9.17, 15) is 4.79 Å². The number of hydrogen-bond donors (Lipinski definition) is 1. The number of carbonyl (C=O) groups excluding carboxylic acids is 1. The van der Waals surface area contributed by atoms with Gasteiger partial charge in [-0.25, -0.2) is 0 Å². The van der Waals surface area contributed by atoms with E-state index in [-0.39, 0.29) is 11.8 Å². The normalized spacial score (nSPS) is 13.8. The lowest BCUT2D eigenvalue weighted by Gasteiger charge is -2.11. The predicted octanol–water partition coefficient (Wildman–Crippen LogP) is 2.95. The molecule has 0 radical (unpaired) electrons. The minimum Gasteiger partial charge on any atom is -0.309 e. The number of halogens is 1. The maximum Gasteiger partial charge on any atom is 0.212 e. The summed E-state index contributed by atoms with van der Waals surface area (Å²) in [4.78, 5) is 12.7. The van der Waals surface area contributed by atoms with E-state index in [1.165, 1.54) is 17.3 Å². The molecule has 0 unspecified atom stereocenters. The van der Waals surface area contributed by atoms with E-state index in [1.807, 2.05) is 32.0 Å². The Morgan fingerprint density at radius 2 is 2.10 bits per heavy atom. The first kappa shape index (κ1) is 13.3. The van der Waals surface area contributed by atoms with Crippen molar-refractivity contribution in [2.45, 2.75) is 33.0 Å². The Kier molecular flexibility index (Phi) is 3.36. The van der Waals surface area contributed by atoms with Crippen LogP contribution in [0.2, 0.25) is 5.02 Å². The zero-order chi connectivity index (χ0) is 14.3. The monoisotopic (exact) mass is 289 g/mol. The van der Waals surface area contributed by atoms with Gasteiger partial charge < -0.3 is 5.32 Å². The molecule has 0 amide bonds. The molecule has 0 saturated heterocycles. The quantitative estimate of drug-likeness (QED) is 0.884. The molecule has 1 aliphatic rings. The number of aromatic nitrogens is 2. The van der Waals surface area contributed by atoms with Gasteiger partial charge in [0.2, 0.25) is 5.78 Å². The maximum absolute atomic E-state index is 12.7. The minimum absolute atomic E-state index is 0.0732. The van der Waals surface area contributed by atoms with Crippen molar-refractivity contribution in [3.8, 4) is 0 Å². The highest BCUT2D eigenvalue weighted by molar-refractivity contribution is 6.34. The van der Waals surface area contributed by atoms with Gasteiger partial charge in [0.15, 0.2) is 0 Å². The number of ketones is 1. The van der Waals surface area contributed by atoms with Crippen LogP contribution in [0, 0.1) is 0 Å². The van der Waals surface area contributed by atoms with Gasteiger partial charge in [0.25, 0.3) is 0 Å². The molecule has 104 valence electrons. The Bertz CT molecular complexity index is 676. The number of hydrogen-bond acceptors (Lipinski definition) is 3. The fourth-order valence-electron chi connectivity index (χ4n) is 2.52. The van der Waals surface area contributed by atoms with Gasteiger partial charge in [-0.3, -0.25) is 9.48 Å². The largest absolute Gasteiger partial charge is 0.309 e. The molecule has 0 atom stereocenters. The maximum atomic E-state index is 12.7. The molecule has 1 aromatic carbocycles. The van der Waals surface area contributed by atoms with Crippen LogP contribution < -0.4 is 5.32 Å². The van der Waals surface area contributed by atoms with E-state index >= 15 is 0 Å². The van der Waals surface area contributed by atoms with Crippen molar-refractivity contribution >= 4 is 17.4 Å². The van der Waals surface area contributed by atoms with Crippen molar-refractivity contribution in [2.75, 3.05) is 0 Å². The van der Waals surface area contributed by atoms with Crippen molar-refractivity contribution in [3.05, 3.63) is 51.8 Å². The Labute approximate surface area is 122 Å². The summed E-state index contributed by atoms with van der Waals surface area (Å²) in [6.07, 6.45) is 1.53. The molecule has 0 saturated carbocycles. The molecule has 1 aromatic heterocycles. The number of fused-ring (bicyclic) bond motifs is 1. The summed E-state index contributed by atoms with van der Waals surface area (Å²) in [6.45, 7) is 5.64. The Morgan fingerprint density at radius 1 is 1.35 bits per heavy atom. The third kappa shape index (κ3) is 2.15. The Balaban J connectivity index is 2.03. The number of nitrogens with one attached hydrogen (secondary N) is 1. The molecule has 1 aliphatic heterocycles. The second kappa shape index (κ2) is 5.04. The molecule has 0 aliphatic carbocycles. The highest BCUT2D eigenvalue weighted by atomic mass is 35.5. The van der Waals surface area contributed by atoms with Crippen molar-refractivity contribution in [2.24, 2.45) is 0 Å². The number of nitrogens with zero attached hydrogens (tertiary/aromatic N) is 2. The fraction of sp³-hybridized carbons (Fsp3) is 0.333. The summed E-state index contributed by atoms with van der Waals surface area (Å²) in [5.41, 5.74) is 3.57. The lowest BCUT2D eigenvalue weighted by atomic mass is 10.0. The van der Waals surface area contributed by atoms with Crippen LogP contribution in [0.4, 0.5) is 0 Å². The summed E-state index contributed by atoms with van der Waals surface area (Å²) >= 11 is 6.13. The fourth-order valence-corrected chi connectivity index (χ4v) is 2.73. The molecular formula is C15H16ClN3O. The van der Waals surface area contributed by atoms with Crippen LogP contribution in [-0.2, 0) is 13.1 Å². The predicted molar refractivity (Wildman–Crippen MR) is 78.0 cm³/mol. The third-order valence-electron chi connectivity index (χ3n) is 3.55. The van der Waals surface area contributed by atoms with Crippen LogP contribution in [0.25, 0.3) is 0 Å². The van der Waals surface area contributed by atoms with Crippen LogP contribution in [0.3, 0.4) is 0 Å². The highest BCUT2D eigenvalue weighted by Gasteiger charge is 2.22. The zero-order valence-electron chi connectivity index (χ0n) is 11.5. The minimum atomic E-state index is -0.0732. The zero-order valence-corrected chi connectivity index (χ0v) is 12.2. The molecule has 3 rings (SSSR count). The van der Waals surface area contributed by atoms with Crippen LogP contribution in [-0.4, -0.2) is 15.6 Å². The number of rotatable bonds is 3. The van der Waals surface area contributed by atoms with E-state index in [0.29, 0.717) is 16.3 Å². The number of benzene rings is 1. The van der Waals surface area contributed by atoms with Crippen LogP contribution in [0.5, 0.6) is 0 Å². The van der Waals surface area contributed by atoms with Crippen LogP contribution in [0.15, 0.2) is 24.4 Å². The summed E-state index contributed by atoms with van der Waals surface area (Å²) in [5, 5.41) is 7.87. The standard InChI is InChI=1S/C15H16ClN3O/c1-9(2)19-14(13(16)8-18-19)15(20)10-3-4-11-6-17-7-12(11)5-10/h3-5,8-9,17H,6-7H2,1-2H3. The second-order valence-electron chi connectivity index (χ2n) is 5.30. The average molecular weight is 290 g/mol. The molecule has 4 nitrogen and oxygen atoms in total. The third-order valence-corrected chi connectivity index (χ3v) is 3.83. The SMILES string of the molecule is CC(C)n1ncc(Cl)c1C(=O)c1ccc2c(c1)CNC2.